The van der Waals surface area contributed by atoms with E-state index in [0.29, 0.717) is 17.9 Å². The summed E-state index contributed by atoms with van der Waals surface area (Å²) in [5, 5.41) is 15.8. The van der Waals surface area contributed by atoms with E-state index < -0.39 is 5.54 Å². The van der Waals surface area contributed by atoms with Gasteiger partial charge in [-0.2, -0.15) is 0 Å². The smallest absolute Gasteiger partial charge is 0.315 e. The number of carbonyl (C=O) groups excluding carboxylic acids is 1. The summed E-state index contributed by atoms with van der Waals surface area (Å²) in [5.74, 6) is 0.923. The Balaban J connectivity index is 1.40. The van der Waals surface area contributed by atoms with Crippen molar-refractivity contribution < 1.29 is 14.6 Å². The molecule has 3 N–H and O–H groups in total. The second-order valence-corrected chi connectivity index (χ2v) is 7.76. The SMILES string of the molecule is CC(CO)(NC(=O)NC1C2CCOC2C12CCC2)C1CC1. The minimum absolute atomic E-state index is 0.00998. The molecule has 1 heterocycles. The maximum Gasteiger partial charge on any atom is 0.315 e. The van der Waals surface area contributed by atoms with E-state index in [-0.39, 0.29) is 24.1 Å². The van der Waals surface area contributed by atoms with Gasteiger partial charge < -0.3 is 20.5 Å². The molecule has 21 heavy (non-hydrogen) atoms. The molecule has 5 nitrogen and oxygen atoms in total. The maximum atomic E-state index is 12.4. The fourth-order valence-electron chi connectivity index (χ4n) is 4.88. The molecule has 1 aliphatic heterocycles. The lowest BCUT2D eigenvalue weighted by Crippen LogP contribution is -2.73. The number of aliphatic hydroxyl groups excluding tert-OH is 1. The van der Waals surface area contributed by atoms with Gasteiger partial charge in [-0.3, -0.25) is 0 Å². The van der Waals surface area contributed by atoms with Crippen LogP contribution in [0.25, 0.3) is 0 Å². The molecule has 0 aromatic carbocycles. The third-order valence-electron chi connectivity index (χ3n) is 6.53. The standard InChI is InChI=1S/C16H26N2O3/c1-15(9-19,10-3-4-10)18-14(20)17-12-11-5-8-21-13(11)16(12)6-2-7-16/h10-13,19H,2-9H2,1H3,(H2,17,18,20). The Labute approximate surface area is 125 Å². The number of rotatable bonds is 4. The molecule has 2 amide bonds. The van der Waals surface area contributed by atoms with Gasteiger partial charge in [-0.25, -0.2) is 4.79 Å². The Hall–Kier alpha value is -0.810. The lowest BCUT2D eigenvalue weighted by Gasteiger charge is -2.63. The molecule has 0 aromatic heterocycles. The molecular weight excluding hydrogens is 268 g/mol. The molecule has 0 bridgehead atoms. The molecule has 118 valence electrons. The van der Waals surface area contributed by atoms with Gasteiger partial charge in [0, 0.05) is 24.0 Å². The third kappa shape index (κ3) is 1.93. The Morgan fingerprint density at radius 1 is 1.38 bits per heavy atom. The van der Waals surface area contributed by atoms with Crippen LogP contribution in [0.5, 0.6) is 0 Å². The Bertz CT molecular complexity index is 447. The fraction of sp³-hybridized carbons (Fsp3) is 0.938. The molecule has 4 fully saturated rings. The monoisotopic (exact) mass is 294 g/mol. The van der Waals surface area contributed by atoms with E-state index in [1.165, 1.54) is 19.3 Å². The van der Waals surface area contributed by atoms with Crippen molar-refractivity contribution in [1.82, 2.24) is 10.6 Å². The van der Waals surface area contributed by atoms with Crippen LogP contribution in [0.15, 0.2) is 0 Å². The molecule has 1 saturated heterocycles. The molecule has 1 spiro atoms. The van der Waals surface area contributed by atoms with Crippen LogP contribution >= 0.6 is 0 Å². The zero-order valence-electron chi connectivity index (χ0n) is 12.7. The largest absolute Gasteiger partial charge is 0.394 e. The first-order valence-corrected chi connectivity index (χ1v) is 8.40. The van der Waals surface area contributed by atoms with Gasteiger partial charge in [-0.05, 0) is 44.9 Å². The van der Waals surface area contributed by atoms with E-state index in [2.05, 4.69) is 10.6 Å². The highest BCUT2D eigenvalue weighted by atomic mass is 16.5. The number of hydrogen-bond acceptors (Lipinski definition) is 3. The van der Waals surface area contributed by atoms with E-state index in [0.717, 1.165) is 25.9 Å². The second kappa shape index (κ2) is 4.59. The van der Waals surface area contributed by atoms with Gasteiger partial charge in [0.2, 0.25) is 0 Å². The van der Waals surface area contributed by atoms with E-state index in [4.69, 9.17) is 4.74 Å². The molecule has 4 rings (SSSR count). The van der Waals surface area contributed by atoms with Gasteiger partial charge >= 0.3 is 6.03 Å². The zero-order chi connectivity index (χ0) is 14.7. The number of aliphatic hydroxyl groups is 1. The average Bonchev–Trinajstić information content (AvgIpc) is 3.17. The molecule has 0 aromatic rings. The van der Waals surface area contributed by atoms with E-state index in [9.17, 15) is 9.90 Å². The topological polar surface area (TPSA) is 70.6 Å². The summed E-state index contributed by atoms with van der Waals surface area (Å²) >= 11 is 0. The normalized spacial score (nSPS) is 38.9. The molecule has 4 aliphatic rings. The quantitative estimate of drug-likeness (QED) is 0.734. The van der Waals surface area contributed by atoms with E-state index in [1.807, 2.05) is 6.92 Å². The summed E-state index contributed by atoms with van der Waals surface area (Å²) in [4.78, 5) is 12.4. The second-order valence-electron chi connectivity index (χ2n) is 7.76. The highest BCUT2D eigenvalue weighted by Crippen LogP contribution is 2.62. The highest BCUT2D eigenvalue weighted by molar-refractivity contribution is 5.75. The predicted molar refractivity (Wildman–Crippen MR) is 77.8 cm³/mol. The predicted octanol–water partition coefficient (Wildman–Crippen LogP) is 1.40. The first-order chi connectivity index (χ1) is 10.1. The van der Waals surface area contributed by atoms with Crippen molar-refractivity contribution >= 4 is 6.03 Å². The van der Waals surface area contributed by atoms with Crippen LogP contribution in [0, 0.1) is 17.3 Å². The van der Waals surface area contributed by atoms with Crippen LogP contribution in [0.4, 0.5) is 4.79 Å². The third-order valence-corrected chi connectivity index (χ3v) is 6.53. The minimum atomic E-state index is -0.466. The first-order valence-electron chi connectivity index (χ1n) is 8.40. The first kappa shape index (κ1) is 13.8. The number of urea groups is 1. The van der Waals surface area contributed by atoms with Gasteiger partial charge in [-0.1, -0.05) is 6.42 Å². The van der Waals surface area contributed by atoms with Crippen molar-refractivity contribution in [3.63, 3.8) is 0 Å². The highest BCUT2D eigenvalue weighted by Gasteiger charge is 2.67. The molecule has 0 radical (unpaired) electrons. The van der Waals surface area contributed by atoms with Crippen LogP contribution in [0.1, 0.15) is 45.4 Å². The van der Waals surface area contributed by atoms with Crippen LogP contribution < -0.4 is 10.6 Å². The molecule has 3 saturated carbocycles. The number of carbonyl (C=O) groups is 1. The molecular formula is C16H26N2O3. The number of amides is 2. The van der Waals surface area contributed by atoms with E-state index in [1.54, 1.807) is 0 Å². The van der Waals surface area contributed by atoms with Crippen LogP contribution in [-0.2, 0) is 4.74 Å². The number of fused-ring (bicyclic) bond motifs is 2. The van der Waals surface area contributed by atoms with Crippen LogP contribution in [-0.4, -0.2) is 42.0 Å². The maximum absolute atomic E-state index is 12.4. The van der Waals surface area contributed by atoms with Gasteiger partial charge in [0.05, 0.1) is 18.2 Å². The summed E-state index contributed by atoms with van der Waals surface area (Å²) in [6, 6.07) is 0.154. The molecule has 4 unspecified atom stereocenters. The summed E-state index contributed by atoms with van der Waals surface area (Å²) in [6.45, 7) is 2.80. The van der Waals surface area contributed by atoms with Crippen molar-refractivity contribution in [1.29, 1.82) is 0 Å². The number of ether oxygens (including phenoxy) is 1. The van der Waals surface area contributed by atoms with Crippen molar-refractivity contribution in [2.75, 3.05) is 13.2 Å². The van der Waals surface area contributed by atoms with Crippen molar-refractivity contribution in [2.24, 2.45) is 17.3 Å². The molecule has 4 atom stereocenters. The van der Waals surface area contributed by atoms with Gasteiger partial charge in [-0.15, -0.1) is 0 Å². The van der Waals surface area contributed by atoms with Gasteiger partial charge in [0.25, 0.3) is 0 Å². The average molecular weight is 294 g/mol. The lowest BCUT2D eigenvalue weighted by atomic mass is 9.46. The summed E-state index contributed by atoms with van der Waals surface area (Å²) in [5.41, 5.74) is -0.250. The minimum Gasteiger partial charge on any atom is -0.394 e. The lowest BCUT2D eigenvalue weighted by molar-refractivity contribution is -0.172. The van der Waals surface area contributed by atoms with Crippen molar-refractivity contribution in [3.05, 3.63) is 0 Å². The van der Waals surface area contributed by atoms with Crippen LogP contribution in [0.3, 0.4) is 0 Å². The Kier molecular flexibility index (Phi) is 3.02. The molecule has 3 aliphatic carbocycles. The fourth-order valence-corrected chi connectivity index (χ4v) is 4.88. The van der Waals surface area contributed by atoms with Crippen LogP contribution in [0.2, 0.25) is 0 Å². The summed E-state index contributed by atoms with van der Waals surface area (Å²) < 4.78 is 5.88. The van der Waals surface area contributed by atoms with Gasteiger partial charge in [0.1, 0.15) is 0 Å². The van der Waals surface area contributed by atoms with Gasteiger partial charge in [0.15, 0.2) is 0 Å². The van der Waals surface area contributed by atoms with Crippen molar-refractivity contribution in [2.45, 2.75) is 63.1 Å². The summed E-state index contributed by atoms with van der Waals surface area (Å²) in [7, 11) is 0. The Morgan fingerprint density at radius 3 is 2.71 bits per heavy atom. The zero-order valence-corrected chi connectivity index (χ0v) is 12.7. The number of nitrogens with one attached hydrogen (secondary N) is 2. The number of hydrogen-bond donors (Lipinski definition) is 3. The van der Waals surface area contributed by atoms with E-state index >= 15 is 0 Å². The Morgan fingerprint density at radius 2 is 2.14 bits per heavy atom. The van der Waals surface area contributed by atoms with Crippen molar-refractivity contribution in [3.8, 4) is 0 Å². The molecule has 5 heteroatoms. The summed E-state index contributed by atoms with van der Waals surface area (Å²) in [6.07, 6.45) is 7.26.